The number of aromatic hydroxyl groups is 1. The molecule has 3 aromatic heterocycles. The van der Waals surface area contributed by atoms with Crippen molar-refractivity contribution in [3.63, 3.8) is 0 Å². The van der Waals surface area contributed by atoms with Crippen LogP contribution in [0.15, 0.2) is 36.7 Å². The predicted molar refractivity (Wildman–Crippen MR) is 102 cm³/mol. The second-order valence-electron chi connectivity index (χ2n) is 6.38. The molecule has 0 saturated heterocycles. The number of ether oxygens (including phenoxy) is 1. The lowest BCUT2D eigenvalue weighted by Crippen LogP contribution is -2.24. The first-order valence-electron chi connectivity index (χ1n) is 8.72. The number of nitrogens with zero attached hydrogens (tertiary/aromatic N) is 4. The Morgan fingerprint density at radius 1 is 1.21 bits per heavy atom. The van der Waals surface area contributed by atoms with E-state index in [-0.39, 0.29) is 46.4 Å². The molecule has 146 valence electrons. The van der Waals surface area contributed by atoms with Gasteiger partial charge in [-0.3, -0.25) is 4.79 Å². The molecule has 3 aromatic rings. The van der Waals surface area contributed by atoms with Gasteiger partial charge in [0, 0.05) is 18.1 Å². The number of amides is 1. The Kier molecular flexibility index (Phi) is 5.64. The second kappa shape index (κ2) is 8.31. The highest BCUT2D eigenvalue weighted by Gasteiger charge is 2.18. The molecule has 0 saturated carbocycles. The number of pyridine rings is 3. The number of hydrogen-bond donors (Lipinski definition) is 2. The van der Waals surface area contributed by atoms with E-state index in [0.29, 0.717) is 5.56 Å². The smallest absolute Gasteiger partial charge is 0.357 e. The molecule has 3 rings (SSSR count). The minimum absolute atomic E-state index is 0.0814. The summed E-state index contributed by atoms with van der Waals surface area (Å²) in [6.07, 6.45) is 2.50. The maximum atomic E-state index is 12.4. The summed E-state index contributed by atoms with van der Waals surface area (Å²) in [5.74, 6) is -1.51. The molecule has 0 bridgehead atoms. The van der Waals surface area contributed by atoms with Crippen molar-refractivity contribution in [3.05, 3.63) is 59.3 Å². The zero-order valence-corrected chi connectivity index (χ0v) is 15.7. The summed E-state index contributed by atoms with van der Waals surface area (Å²) in [6, 6.07) is 8.02. The molecular weight excluding hydrogens is 374 g/mol. The summed E-state index contributed by atoms with van der Waals surface area (Å²) in [5, 5.41) is 22.1. The molecule has 9 nitrogen and oxygen atoms in total. The van der Waals surface area contributed by atoms with E-state index in [4.69, 9.17) is 10.00 Å². The molecule has 0 atom stereocenters. The summed E-state index contributed by atoms with van der Waals surface area (Å²) in [7, 11) is 0. The number of rotatable bonds is 5. The first-order valence-corrected chi connectivity index (χ1v) is 8.72. The van der Waals surface area contributed by atoms with Gasteiger partial charge in [0.05, 0.1) is 17.8 Å². The molecule has 9 heteroatoms. The number of carbonyl (C=O) groups excluding carboxylic acids is 2. The normalized spacial score (nSPS) is 10.6. The van der Waals surface area contributed by atoms with Gasteiger partial charge in [-0.05, 0) is 37.6 Å². The molecule has 0 aliphatic carbocycles. The third kappa shape index (κ3) is 4.44. The highest BCUT2D eigenvalue weighted by atomic mass is 16.5. The van der Waals surface area contributed by atoms with Crippen molar-refractivity contribution in [2.75, 3.05) is 0 Å². The molecule has 0 aliphatic rings. The van der Waals surface area contributed by atoms with Crippen LogP contribution in [0.1, 0.15) is 46.1 Å². The zero-order chi connectivity index (χ0) is 21.0. The Bertz CT molecular complexity index is 1120. The Morgan fingerprint density at radius 3 is 2.66 bits per heavy atom. The molecule has 0 spiro atoms. The number of fused-ring (bicyclic) bond motifs is 1. The highest BCUT2D eigenvalue weighted by Crippen LogP contribution is 2.26. The van der Waals surface area contributed by atoms with Crippen molar-refractivity contribution < 1.29 is 19.4 Å². The molecule has 1 amide bonds. The van der Waals surface area contributed by atoms with E-state index in [1.165, 1.54) is 24.5 Å². The topological polar surface area (TPSA) is 138 Å². The fraction of sp³-hybridized carbons (Fsp3) is 0.200. The van der Waals surface area contributed by atoms with E-state index in [9.17, 15) is 14.7 Å². The van der Waals surface area contributed by atoms with Crippen LogP contribution in [-0.4, -0.2) is 38.0 Å². The molecule has 29 heavy (non-hydrogen) atoms. The summed E-state index contributed by atoms with van der Waals surface area (Å²) < 4.78 is 5.09. The van der Waals surface area contributed by atoms with Crippen LogP contribution in [0.2, 0.25) is 0 Å². The van der Waals surface area contributed by atoms with E-state index >= 15 is 0 Å². The minimum Gasteiger partial charge on any atom is -0.505 e. The quantitative estimate of drug-likeness (QED) is 0.631. The van der Waals surface area contributed by atoms with Crippen LogP contribution in [0.4, 0.5) is 0 Å². The largest absolute Gasteiger partial charge is 0.505 e. The Labute approximate surface area is 166 Å². The molecule has 0 unspecified atom stereocenters. The molecular formula is C20H17N5O4. The average Bonchev–Trinajstić information content (AvgIpc) is 2.72. The first kappa shape index (κ1) is 19.7. The van der Waals surface area contributed by atoms with Gasteiger partial charge in [-0.2, -0.15) is 5.26 Å². The van der Waals surface area contributed by atoms with Crippen molar-refractivity contribution in [2.24, 2.45) is 0 Å². The second-order valence-corrected chi connectivity index (χ2v) is 6.38. The van der Waals surface area contributed by atoms with Gasteiger partial charge >= 0.3 is 5.97 Å². The van der Waals surface area contributed by atoms with Crippen molar-refractivity contribution >= 4 is 22.8 Å². The molecule has 0 fully saturated rings. The predicted octanol–water partition coefficient (Wildman–Crippen LogP) is 2.10. The van der Waals surface area contributed by atoms with Gasteiger partial charge in [0.1, 0.15) is 17.5 Å². The van der Waals surface area contributed by atoms with Gasteiger partial charge in [0.15, 0.2) is 11.4 Å². The maximum Gasteiger partial charge on any atom is 0.357 e. The zero-order valence-electron chi connectivity index (χ0n) is 15.7. The Hall–Kier alpha value is -4.06. The number of esters is 1. The van der Waals surface area contributed by atoms with Gasteiger partial charge in [-0.15, -0.1) is 0 Å². The van der Waals surface area contributed by atoms with Gasteiger partial charge in [0.25, 0.3) is 5.91 Å². The third-order valence-electron chi connectivity index (χ3n) is 3.88. The molecule has 2 N–H and O–H groups in total. The molecule has 0 radical (unpaired) electrons. The van der Waals surface area contributed by atoms with E-state index in [1.807, 2.05) is 6.07 Å². The van der Waals surface area contributed by atoms with Crippen LogP contribution in [0.25, 0.3) is 10.9 Å². The monoisotopic (exact) mass is 391 g/mol. The molecule has 0 aromatic carbocycles. The van der Waals surface area contributed by atoms with Crippen molar-refractivity contribution in [1.29, 1.82) is 5.26 Å². The van der Waals surface area contributed by atoms with Crippen molar-refractivity contribution in [2.45, 2.75) is 26.5 Å². The lowest BCUT2D eigenvalue weighted by Gasteiger charge is -2.10. The number of aromatic nitrogens is 3. The molecule has 3 heterocycles. The van der Waals surface area contributed by atoms with Crippen LogP contribution in [0.3, 0.4) is 0 Å². The van der Waals surface area contributed by atoms with Gasteiger partial charge in [-0.1, -0.05) is 6.07 Å². The lowest BCUT2D eigenvalue weighted by atomic mass is 10.1. The summed E-state index contributed by atoms with van der Waals surface area (Å²) in [6.45, 7) is 3.60. The number of hydrogen-bond acceptors (Lipinski definition) is 8. The maximum absolute atomic E-state index is 12.4. The first-order chi connectivity index (χ1) is 13.9. The summed E-state index contributed by atoms with van der Waals surface area (Å²) in [4.78, 5) is 36.4. The van der Waals surface area contributed by atoms with Crippen LogP contribution in [0.5, 0.6) is 5.75 Å². The van der Waals surface area contributed by atoms with E-state index in [1.54, 1.807) is 26.0 Å². The van der Waals surface area contributed by atoms with Crippen LogP contribution in [-0.2, 0) is 11.3 Å². The minimum atomic E-state index is -0.586. The lowest BCUT2D eigenvalue weighted by molar-refractivity contribution is 0.0371. The Morgan fingerprint density at radius 2 is 2.00 bits per heavy atom. The fourth-order valence-electron chi connectivity index (χ4n) is 2.50. The van der Waals surface area contributed by atoms with E-state index < -0.39 is 11.9 Å². The van der Waals surface area contributed by atoms with Crippen LogP contribution >= 0.6 is 0 Å². The summed E-state index contributed by atoms with van der Waals surface area (Å²) >= 11 is 0. The van der Waals surface area contributed by atoms with Crippen LogP contribution < -0.4 is 5.32 Å². The SMILES string of the molecule is CC(C)OC(=O)c1ccc2c(O)c(C(=O)NCc3ccc(C#N)nc3)ncc2n1. The standard InChI is InChI=1S/C20H17N5O4/c1-11(2)29-20(28)15-6-5-14-16(25-15)10-23-17(18(14)26)19(27)24-9-12-3-4-13(7-21)22-8-12/h3-6,8,10-11,26H,9H2,1-2H3,(H,24,27). The number of carbonyl (C=O) groups is 2. The Balaban J connectivity index is 1.78. The van der Waals surface area contributed by atoms with E-state index in [2.05, 4.69) is 20.3 Å². The average molecular weight is 391 g/mol. The van der Waals surface area contributed by atoms with E-state index in [0.717, 1.165) is 0 Å². The van der Waals surface area contributed by atoms with Crippen molar-refractivity contribution in [3.8, 4) is 11.8 Å². The van der Waals surface area contributed by atoms with Gasteiger partial charge < -0.3 is 15.2 Å². The highest BCUT2D eigenvalue weighted by molar-refractivity contribution is 6.01. The molecule has 0 aliphatic heterocycles. The van der Waals surface area contributed by atoms with Gasteiger partial charge in [-0.25, -0.2) is 19.7 Å². The third-order valence-corrected chi connectivity index (χ3v) is 3.88. The number of nitriles is 1. The van der Waals surface area contributed by atoms with Crippen molar-refractivity contribution in [1.82, 2.24) is 20.3 Å². The fourth-order valence-corrected chi connectivity index (χ4v) is 2.50. The van der Waals surface area contributed by atoms with Crippen LogP contribution in [0, 0.1) is 11.3 Å². The van der Waals surface area contributed by atoms with Gasteiger partial charge in [0.2, 0.25) is 0 Å². The number of nitrogens with one attached hydrogen (secondary N) is 1. The summed E-state index contributed by atoms with van der Waals surface area (Å²) in [5.41, 5.74) is 1.13.